The average molecular weight is 294 g/mol. The molecule has 104 valence electrons. The molecule has 0 saturated heterocycles. The summed E-state index contributed by atoms with van der Waals surface area (Å²) in [4.78, 5) is 26.9. The Morgan fingerprint density at radius 1 is 1.35 bits per heavy atom. The van der Waals surface area contributed by atoms with Gasteiger partial charge in [0.05, 0.1) is 17.4 Å². The SMILES string of the molecule is CNC(=O)Cn1cc(NC(=O)c2ccc(Cl)nc2)cn1. The molecular weight excluding hydrogens is 282 g/mol. The first-order valence-corrected chi connectivity index (χ1v) is 6.12. The van der Waals surface area contributed by atoms with E-state index in [1.807, 2.05) is 0 Å². The summed E-state index contributed by atoms with van der Waals surface area (Å²) in [6.45, 7) is 0.0921. The Kier molecular flexibility index (Phi) is 4.31. The second kappa shape index (κ2) is 6.16. The Labute approximate surface area is 120 Å². The highest BCUT2D eigenvalue weighted by Crippen LogP contribution is 2.09. The Hall–Kier alpha value is -2.41. The molecule has 0 bridgehead atoms. The molecule has 0 aliphatic rings. The number of hydrogen-bond donors (Lipinski definition) is 2. The summed E-state index contributed by atoms with van der Waals surface area (Å²) in [5.74, 6) is -0.499. The monoisotopic (exact) mass is 293 g/mol. The number of halogens is 1. The summed E-state index contributed by atoms with van der Waals surface area (Å²) in [7, 11) is 1.54. The van der Waals surface area contributed by atoms with Gasteiger partial charge in [0.15, 0.2) is 0 Å². The third kappa shape index (κ3) is 3.55. The number of nitrogens with one attached hydrogen (secondary N) is 2. The van der Waals surface area contributed by atoms with Crippen LogP contribution in [0, 0.1) is 0 Å². The van der Waals surface area contributed by atoms with Crippen molar-refractivity contribution in [2.45, 2.75) is 6.54 Å². The summed E-state index contributed by atoms with van der Waals surface area (Å²) in [5, 5.41) is 9.43. The van der Waals surface area contributed by atoms with Gasteiger partial charge in [0.1, 0.15) is 11.7 Å². The molecule has 7 nitrogen and oxygen atoms in total. The van der Waals surface area contributed by atoms with E-state index in [1.165, 1.54) is 23.1 Å². The standard InChI is InChI=1S/C12H12ClN5O2/c1-14-11(19)7-18-6-9(5-16-18)17-12(20)8-2-3-10(13)15-4-8/h2-6H,7H2,1H3,(H,14,19)(H,17,20). The highest BCUT2D eigenvalue weighted by atomic mass is 35.5. The van der Waals surface area contributed by atoms with Crippen LogP contribution < -0.4 is 10.6 Å². The molecule has 0 radical (unpaired) electrons. The van der Waals surface area contributed by atoms with Crippen molar-refractivity contribution in [3.63, 3.8) is 0 Å². The summed E-state index contributed by atoms with van der Waals surface area (Å²) in [6.07, 6.45) is 4.41. The first-order chi connectivity index (χ1) is 9.58. The first kappa shape index (κ1) is 14.0. The van der Waals surface area contributed by atoms with Crippen molar-refractivity contribution in [1.82, 2.24) is 20.1 Å². The highest BCUT2D eigenvalue weighted by molar-refractivity contribution is 6.29. The van der Waals surface area contributed by atoms with E-state index < -0.39 is 0 Å². The number of carbonyl (C=O) groups excluding carboxylic acids is 2. The van der Waals surface area contributed by atoms with Crippen molar-refractivity contribution in [2.75, 3.05) is 12.4 Å². The normalized spacial score (nSPS) is 10.1. The zero-order valence-electron chi connectivity index (χ0n) is 10.6. The van der Waals surface area contributed by atoms with Gasteiger partial charge in [0.2, 0.25) is 5.91 Å². The molecule has 2 aromatic rings. The van der Waals surface area contributed by atoms with Gasteiger partial charge in [-0.2, -0.15) is 5.10 Å². The average Bonchev–Trinajstić information content (AvgIpc) is 2.86. The van der Waals surface area contributed by atoms with Crippen molar-refractivity contribution in [3.05, 3.63) is 41.4 Å². The summed E-state index contributed by atoms with van der Waals surface area (Å²) in [6, 6.07) is 3.10. The third-order valence-electron chi connectivity index (χ3n) is 2.47. The third-order valence-corrected chi connectivity index (χ3v) is 2.69. The van der Waals surface area contributed by atoms with Gasteiger partial charge in [-0.3, -0.25) is 14.3 Å². The van der Waals surface area contributed by atoms with Crippen LogP contribution in [-0.4, -0.2) is 33.6 Å². The van der Waals surface area contributed by atoms with Crippen molar-refractivity contribution in [3.8, 4) is 0 Å². The lowest BCUT2D eigenvalue weighted by Crippen LogP contribution is -2.23. The minimum Gasteiger partial charge on any atom is -0.358 e. The predicted molar refractivity (Wildman–Crippen MR) is 73.5 cm³/mol. The number of pyridine rings is 1. The van der Waals surface area contributed by atoms with Crippen molar-refractivity contribution < 1.29 is 9.59 Å². The lowest BCUT2D eigenvalue weighted by molar-refractivity contribution is -0.121. The van der Waals surface area contributed by atoms with Crippen molar-refractivity contribution in [1.29, 1.82) is 0 Å². The number of carbonyl (C=O) groups is 2. The van der Waals surface area contributed by atoms with Gasteiger partial charge in [-0.25, -0.2) is 4.98 Å². The van der Waals surface area contributed by atoms with Gasteiger partial charge in [0.25, 0.3) is 5.91 Å². The Morgan fingerprint density at radius 3 is 2.80 bits per heavy atom. The van der Waals surface area contributed by atoms with Crippen LogP contribution in [0.2, 0.25) is 5.15 Å². The number of likely N-dealkylation sites (N-methyl/N-ethyl adjacent to an activating group) is 1. The van der Waals surface area contributed by atoms with E-state index in [1.54, 1.807) is 19.3 Å². The van der Waals surface area contributed by atoms with Crippen LogP contribution in [0.5, 0.6) is 0 Å². The van der Waals surface area contributed by atoms with Crippen LogP contribution in [0.3, 0.4) is 0 Å². The molecule has 8 heteroatoms. The van der Waals surface area contributed by atoms with E-state index in [9.17, 15) is 9.59 Å². The molecule has 0 saturated carbocycles. The largest absolute Gasteiger partial charge is 0.358 e. The maximum Gasteiger partial charge on any atom is 0.257 e. The molecule has 2 amide bonds. The van der Waals surface area contributed by atoms with Crippen molar-refractivity contribution in [2.24, 2.45) is 0 Å². The number of anilines is 1. The van der Waals surface area contributed by atoms with Crippen LogP contribution in [0.15, 0.2) is 30.7 Å². The summed E-state index contributed by atoms with van der Waals surface area (Å²) in [5.41, 5.74) is 0.877. The predicted octanol–water partition coefficient (Wildman–Crippen LogP) is 0.930. The van der Waals surface area contributed by atoms with Crippen LogP contribution in [0.1, 0.15) is 10.4 Å². The van der Waals surface area contributed by atoms with Crippen LogP contribution in [0.25, 0.3) is 0 Å². The van der Waals surface area contributed by atoms with E-state index in [2.05, 4.69) is 20.7 Å². The quantitative estimate of drug-likeness (QED) is 0.821. The fraction of sp³-hybridized carbons (Fsp3) is 0.167. The molecule has 2 heterocycles. The van der Waals surface area contributed by atoms with E-state index in [0.717, 1.165) is 0 Å². The molecule has 0 atom stereocenters. The van der Waals surface area contributed by atoms with Crippen LogP contribution >= 0.6 is 11.6 Å². The number of amides is 2. The molecule has 0 fully saturated rings. The van der Waals surface area contributed by atoms with Crippen LogP contribution in [0.4, 0.5) is 5.69 Å². The Morgan fingerprint density at radius 2 is 2.15 bits per heavy atom. The zero-order valence-corrected chi connectivity index (χ0v) is 11.4. The molecule has 0 aromatic carbocycles. The molecule has 0 spiro atoms. The molecule has 2 aromatic heterocycles. The van der Waals surface area contributed by atoms with Crippen LogP contribution in [-0.2, 0) is 11.3 Å². The Bertz CT molecular complexity index is 623. The second-order valence-corrected chi connectivity index (χ2v) is 4.31. The van der Waals surface area contributed by atoms with Crippen molar-refractivity contribution >= 4 is 29.1 Å². The molecule has 20 heavy (non-hydrogen) atoms. The summed E-state index contributed by atoms with van der Waals surface area (Å²) >= 11 is 5.65. The van der Waals surface area contributed by atoms with Gasteiger partial charge in [-0.05, 0) is 12.1 Å². The van der Waals surface area contributed by atoms with Gasteiger partial charge >= 0.3 is 0 Å². The molecule has 2 N–H and O–H groups in total. The minimum absolute atomic E-state index is 0.0921. The van der Waals surface area contributed by atoms with E-state index in [0.29, 0.717) is 16.4 Å². The van der Waals surface area contributed by atoms with Gasteiger partial charge < -0.3 is 10.6 Å². The maximum absolute atomic E-state index is 11.9. The number of hydrogen-bond acceptors (Lipinski definition) is 4. The number of rotatable bonds is 4. The molecule has 0 aliphatic carbocycles. The van der Waals surface area contributed by atoms with E-state index in [-0.39, 0.29) is 18.4 Å². The lowest BCUT2D eigenvalue weighted by atomic mass is 10.2. The Balaban J connectivity index is 2.01. The fourth-order valence-electron chi connectivity index (χ4n) is 1.45. The fourth-order valence-corrected chi connectivity index (χ4v) is 1.57. The van der Waals surface area contributed by atoms with Gasteiger partial charge in [0, 0.05) is 19.4 Å². The maximum atomic E-state index is 11.9. The number of nitrogens with zero attached hydrogens (tertiary/aromatic N) is 3. The smallest absolute Gasteiger partial charge is 0.257 e. The lowest BCUT2D eigenvalue weighted by Gasteiger charge is -2.02. The topological polar surface area (TPSA) is 88.9 Å². The van der Waals surface area contributed by atoms with Gasteiger partial charge in [-0.15, -0.1) is 0 Å². The highest BCUT2D eigenvalue weighted by Gasteiger charge is 2.09. The molecular formula is C12H12ClN5O2. The first-order valence-electron chi connectivity index (χ1n) is 5.74. The molecule has 0 aliphatic heterocycles. The second-order valence-electron chi connectivity index (χ2n) is 3.92. The van der Waals surface area contributed by atoms with E-state index in [4.69, 9.17) is 11.6 Å². The zero-order chi connectivity index (χ0) is 14.5. The minimum atomic E-state index is -0.325. The van der Waals surface area contributed by atoms with Gasteiger partial charge in [-0.1, -0.05) is 11.6 Å². The van der Waals surface area contributed by atoms with E-state index >= 15 is 0 Å². The summed E-state index contributed by atoms with van der Waals surface area (Å²) < 4.78 is 1.43. The number of aromatic nitrogens is 3. The molecule has 2 rings (SSSR count). The molecule has 0 unspecified atom stereocenters.